The molecule has 0 fully saturated rings. The van der Waals surface area contributed by atoms with E-state index in [2.05, 4.69) is 10.6 Å². The van der Waals surface area contributed by atoms with Crippen molar-refractivity contribution in [2.24, 2.45) is 0 Å². The smallest absolute Gasteiger partial charge is 0.252 e. The third-order valence-electron chi connectivity index (χ3n) is 3.82. The van der Waals surface area contributed by atoms with Crippen LogP contribution in [0.2, 0.25) is 0 Å². The number of benzene rings is 2. The van der Waals surface area contributed by atoms with Crippen molar-refractivity contribution in [1.29, 1.82) is 0 Å². The van der Waals surface area contributed by atoms with Crippen molar-refractivity contribution in [1.82, 2.24) is 10.6 Å². The summed E-state index contributed by atoms with van der Waals surface area (Å²) < 4.78 is 23.3. The van der Waals surface area contributed by atoms with Gasteiger partial charge in [-0.05, 0) is 35.9 Å². The second-order valence-corrected chi connectivity index (χ2v) is 5.62. The zero-order chi connectivity index (χ0) is 18.5. The molecule has 1 atom stereocenters. The lowest BCUT2D eigenvalue weighted by Crippen LogP contribution is -2.48. The van der Waals surface area contributed by atoms with Gasteiger partial charge < -0.3 is 25.2 Å². The average molecular weight is 360 g/mol. The third-order valence-corrected chi connectivity index (χ3v) is 3.82. The van der Waals surface area contributed by atoms with Gasteiger partial charge in [-0.2, -0.15) is 0 Å². The third kappa shape index (κ3) is 4.09. The first-order chi connectivity index (χ1) is 12.6. The van der Waals surface area contributed by atoms with E-state index < -0.39 is 24.5 Å². The van der Waals surface area contributed by atoms with Gasteiger partial charge in [0.05, 0.1) is 6.61 Å². The van der Waals surface area contributed by atoms with E-state index in [-0.39, 0.29) is 24.7 Å². The van der Waals surface area contributed by atoms with Crippen LogP contribution >= 0.6 is 0 Å². The number of rotatable bonds is 6. The van der Waals surface area contributed by atoms with Crippen molar-refractivity contribution in [3.63, 3.8) is 0 Å². The van der Waals surface area contributed by atoms with Crippen LogP contribution in [0, 0.1) is 5.82 Å². The Bertz CT molecular complexity index is 810. The molecule has 0 bridgehead atoms. The summed E-state index contributed by atoms with van der Waals surface area (Å²) in [6.45, 7) is -0.327. The molecule has 26 heavy (non-hydrogen) atoms. The quantitative estimate of drug-likeness (QED) is 0.713. The summed E-state index contributed by atoms with van der Waals surface area (Å²) in [5.41, 5.74) is 0.970. The Labute approximate surface area is 148 Å². The predicted octanol–water partition coefficient (Wildman–Crippen LogP) is 0.961. The molecule has 2 aromatic rings. The Kier molecular flexibility index (Phi) is 5.33. The molecule has 7 nitrogen and oxygen atoms in total. The van der Waals surface area contributed by atoms with Gasteiger partial charge in [-0.25, -0.2) is 4.39 Å². The van der Waals surface area contributed by atoms with Crippen LogP contribution in [0.1, 0.15) is 15.9 Å². The Morgan fingerprint density at radius 2 is 1.85 bits per heavy atom. The Hall–Kier alpha value is -3.13. The first-order valence-electron chi connectivity index (χ1n) is 7.90. The average Bonchev–Trinajstić information content (AvgIpc) is 3.13. The number of fused-ring (bicyclic) bond motifs is 1. The summed E-state index contributed by atoms with van der Waals surface area (Å²) in [6, 6.07) is 9.16. The molecule has 3 N–H and O–H groups in total. The minimum atomic E-state index is -1.12. The highest BCUT2D eigenvalue weighted by Crippen LogP contribution is 2.32. The lowest BCUT2D eigenvalue weighted by Gasteiger charge is -2.16. The number of carbonyl (C=O) groups excluding carboxylic acids is 2. The summed E-state index contributed by atoms with van der Waals surface area (Å²) >= 11 is 0. The second-order valence-electron chi connectivity index (χ2n) is 5.62. The largest absolute Gasteiger partial charge is 0.454 e. The fraction of sp³-hybridized carbons (Fsp3) is 0.222. The summed E-state index contributed by atoms with van der Waals surface area (Å²) in [4.78, 5) is 24.5. The number of carbonyl (C=O) groups is 2. The van der Waals surface area contributed by atoms with Crippen molar-refractivity contribution in [3.05, 3.63) is 59.4 Å². The maximum Gasteiger partial charge on any atom is 0.252 e. The van der Waals surface area contributed by atoms with E-state index in [1.807, 2.05) is 0 Å². The number of aliphatic hydroxyl groups is 1. The molecule has 0 aliphatic carbocycles. The number of ether oxygens (including phenoxy) is 2. The highest BCUT2D eigenvalue weighted by atomic mass is 19.1. The normalized spacial score (nSPS) is 13.2. The molecule has 0 radical (unpaired) electrons. The summed E-state index contributed by atoms with van der Waals surface area (Å²) in [7, 11) is 0. The highest BCUT2D eigenvalue weighted by molar-refractivity contribution is 5.98. The van der Waals surface area contributed by atoms with Crippen LogP contribution in [0.4, 0.5) is 4.39 Å². The Morgan fingerprint density at radius 1 is 1.12 bits per heavy atom. The molecule has 0 saturated heterocycles. The topological polar surface area (TPSA) is 96.9 Å². The van der Waals surface area contributed by atoms with Crippen LogP contribution < -0.4 is 20.1 Å². The maximum absolute atomic E-state index is 12.9. The lowest BCUT2D eigenvalue weighted by atomic mass is 10.1. The molecule has 136 valence electrons. The number of hydrogen-bond acceptors (Lipinski definition) is 5. The van der Waals surface area contributed by atoms with Gasteiger partial charge in [-0.1, -0.05) is 12.1 Å². The monoisotopic (exact) mass is 360 g/mol. The van der Waals surface area contributed by atoms with Gasteiger partial charge in [-0.3, -0.25) is 9.59 Å². The molecule has 0 spiro atoms. The number of amides is 2. The lowest BCUT2D eigenvalue weighted by molar-refractivity contribution is -0.124. The van der Waals surface area contributed by atoms with Gasteiger partial charge in [0.25, 0.3) is 5.91 Å². The molecule has 1 aliphatic rings. The van der Waals surface area contributed by atoms with Crippen LogP contribution in [0.15, 0.2) is 42.5 Å². The molecule has 1 unspecified atom stereocenters. The zero-order valence-corrected chi connectivity index (χ0v) is 13.7. The SMILES string of the molecule is O=C(NC(CO)C(=O)NCc1ccc(F)cc1)c1ccc2c(c1)OCO2. The van der Waals surface area contributed by atoms with Gasteiger partial charge in [0.15, 0.2) is 11.5 Å². The molecule has 1 heterocycles. The molecule has 1 aliphatic heterocycles. The van der Waals surface area contributed by atoms with E-state index in [1.165, 1.54) is 36.4 Å². The van der Waals surface area contributed by atoms with Crippen molar-refractivity contribution in [2.45, 2.75) is 12.6 Å². The minimum Gasteiger partial charge on any atom is -0.454 e. The summed E-state index contributed by atoms with van der Waals surface area (Å²) in [5.74, 6) is -0.467. The Morgan fingerprint density at radius 3 is 2.58 bits per heavy atom. The van der Waals surface area contributed by atoms with Gasteiger partial charge in [0, 0.05) is 12.1 Å². The molecule has 0 aromatic heterocycles. The van der Waals surface area contributed by atoms with Gasteiger partial charge in [0.1, 0.15) is 11.9 Å². The van der Waals surface area contributed by atoms with Crippen molar-refractivity contribution >= 4 is 11.8 Å². The Balaban J connectivity index is 1.58. The minimum absolute atomic E-state index is 0.0888. The number of aliphatic hydroxyl groups excluding tert-OH is 1. The molecule has 2 amide bonds. The van der Waals surface area contributed by atoms with Gasteiger partial charge in [0.2, 0.25) is 12.7 Å². The highest BCUT2D eigenvalue weighted by Gasteiger charge is 2.22. The first-order valence-corrected chi connectivity index (χ1v) is 7.90. The van der Waals surface area contributed by atoms with Crippen LogP contribution in [-0.4, -0.2) is 36.4 Å². The number of nitrogens with one attached hydrogen (secondary N) is 2. The number of halogens is 1. The molecular formula is C18H17FN2O5. The molecule has 8 heteroatoms. The summed E-state index contributed by atoms with van der Waals surface area (Å²) in [5, 5.41) is 14.5. The van der Waals surface area contributed by atoms with E-state index in [0.717, 1.165) is 0 Å². The van der Waals surface area contributed by atoms with Crippen molar-refractivity contribution < 1.29 is 28.6 Å². The van der Waals surface area contributed by atoms with Crippen molar-refractivity contribution in [2.75, 3.05) is 13.4 Å². The standard InChI is InChI=1S/C18H17FN2O5/c19-13-4-1-11(2-5-13)8-20-18(24)14(9-22)21-17(23)12-3-6-15-16(7-12)26-10-25-15/h1-7,14,22H,8-10H2,(H,20,24)(H,21,23). The maximum atomic E-state index is 12.9. The van der Waals surface area contributed by atoms with Crippen LogP contribution in [0.3, 0.4) is 0 Å². The molecule has 3 rings (SSSR count). The number of hydrogen-bond donors (Lipinski definition) is 3. The fourth-order valence-electron chi connectivity index (χ4n) is 2.39. The van der Waals surface area contributed by atoms with E-state index in [1.54, 1.807) is 6.07 Å². The molecule has 0 saturated carbocycles. The zero-order valence-electron chi connectivity index (χ0n) is 13.7. The first kappa shape index (κ1) is 17.7. The van der Waals surface area contributed by atoms with Crippen LogP contribution in [0.25, 0.3) is 0 Å². The van der Waals surface area contributed by atoms with E-state index in [0.29, 0.717) is 17.1 Å². The van der Waals surface area contributed by atoms with E-state index in [4.69, 9.17) is 9.47 Å². The second kappa shape index (κ2) is 7.83. The van der Waals surface area contributed by atoms with Crippen LogP contribution in [-0.2, 0) is 11.3 Å². The van der Waals surface area contributed by atoms with Gasteiger partial charge in [-0.15, -0.1) is 0 Å². The van der Waals surface area contributed by atoms with Crippen LogP contribution in [0.5, 0.6) is 11.5 Å². The van der Waals surface area contributed by atoms with E-state index >= 15 is 0 Å². The summed E-state index contributed by atoms with van der Waals surface area (Å²) in [6.07, 6.45) is 0. The molecular weight excluding hydrogens is 343 g/mol. The predicted molar refractivity (Wildman–Crippen MR) is 89.2 cm³/mol. The molecule has 2 aromatic carbocycles. The van der Waals surface area contributed by atoms with E-state index in [9.17, 15) is 19.1 Å². The van der Waals surface area contributed by atoms with Gasteiger partial charge >= 0.3 is 0 Å². The fourth-order valence-corrected chi connectivity index (χ4v) is 2.39. The van der Waals surface area contributed by atoms with Crippen molar-refractivity contribution in [3.8, 4) is 11.5 Å².